The lowest BCUT2D eigenvalue weighted by molar-refractivity contribution is -0.123. The van der Waals surface area contributed by atoms with E-state index in [9.17, 15) is 13.6 Å². The minimum absolute atomic E-state index is 0.0299. The summed E-state index contributed by atoms with van der Waals surface area (Å²) in [4.78, 5) is 12.0. The van der Waals surface area contributed by atoms with Crippen LogP contribution in [0.25, 0.3) is 0 Å². The molecule has 0 saturated heterocycles. The number of anilines is 1. The van der Waals surface area contributed by atoms with Crippen molar-refractivity contribution in [1.82, 2.24) is 5.32 Å². The number of nitrogens with one attached hydrogen (secondary N) is 1. The molecule has 1 aliphatic heterocycles. The summed E-state index contributed by atoms with van der Waals surface area (Å²) in [6.07, 6.45) is -1.90. The predicted octanol–water partition coefficient (Wildman–Crippen LogP) is 2.66. The molecule has 128 valence electrons. The Kier molecular flexibility index (Phi) is 5.41. The molecule has 1 aromatic rings. The first-order valence-corrected chi connectivity index (χ1v) is 7.50. The molecule has 3 N–H and O–H groups in total. The van der Waals surface area contributed by atoms with Crippen molar-refractivity contribution in [3.8, 4) is 5.75 Å². The highest BCUT2D eigenvalue weighted by atomic mass is 19.3. The molecular formula is C16H22F2N2O3. The zero-order valence-electron chi connectivity index (χ0n) is 13.3. The number of hydrogen-bond donors (Lipinski definition) is 2. The number of rotatable bonds is 6. The number of carbonyl (C=O) groups is 1. The molecule has 1 aliphatic rings. The van der Waals surface area contributed by atoms with E-state index >= 15 is 0 Å². The van der Waals surface area contributed by atoms with Gasteiger partial charge in [-0.2, -0.15) is 0 Å². The highest BCUT2D eigenvalue weighted by Gasteiger charge is 2.34. The topological polar surface area (TPSA) is 73.6 Å². The molecule has 2 rings (SSSR count). The summed E-state index contributed by atoms with van der Waals surface area (Å²) in [6, 6.07) is 5.08. The van der Waals surface area contributed by atoms with Crippen molar-refractivity contribution in [2.24, 2.45) is 0 Å². The van der Waals surface area contributed by atoms with Crippen molar-refractivity contribution in [3.63, 3.8) is 0 Å². The number of ether oxygens (including phenoxy) is 2. The van der Waals surface area contributed by atoms with Crippen LogP contribution in [0.3, 0.4) is 0 Å². The SMILES string of the molecule is CC1(C)CC(NC(=O)CCOCC(F)F)c2cc(N)ccc2O1. The first-order valence-electron chi connectivity index (χ1n) is 7.50. The molecule has 23 heavy (non-hydrogen) atoms. The van der Waals surface area contributed by atoms with Gasteiger partial charge in [-0.05, 0) is 32.0 Å². The molecule has 0 aromatic heterocycles. The lowest BCUT2D eigenvalue weighted by Crippen LogP contribution is -2.41. The molecule has 0 spiro atoms. The molecular weight excluding hydrogens is 306 g/mol. The van der Waals surface area contributed by atoms with Gasteiger partial charge in [-0.3, -0.25) is 4.79 Å². The molecule has 1 atom stereocenters. The lowest BCUT2D eigenvalue weighted by atomic mass is 9.89. The van der Waals surface area contributed by atoms with Gasteiger partial charge in [-0.15, -0.1) is 0 Å². The zero-order chi connectivity index (χ0) is 17.0. The molecule has 0 aliphatic carbocycles. The fourth-order valence-electron chi connectivity index (χ4n) is 2.61. The van der Waals surface area contributed by atoms with Crippen LogP contribution in [0.2, 0.25) is 0 Å². The van der Waals surface area contributed by atoms with Crippen LogP contribution in [-0.4, -0.2) is 31.1 Å². The second-order valence-electron chi connectivity index (χ2n) is 6.20. The predicted molar refractivity (Wildman–Crippen MR) is 82.5 cm³/mol. The first kappa shape index (κ1) is 17.5. The summed E-state index contributed by atoms with van der Waals surface area (Å²) in [7, 11) is 0. The number of halogens is 2. The quantitative estimate of drug-likeness (QED) is 0.622. The van der Waals surface area contributed by atoms with Gasteiger partial charge in [0.2, 0.25) is 5.91 Å². The molecule has 0 radical (unpaired) electrons. The van der Waals surface area contributed by atoms with Crippen LogP contribution in [-0.2, 0) is 9.53 Å². The average Bonchev–Trinajstić information content (AvgIpc) is 2.43. The summed E-state index contributed by atoms with van der Waals surface area (Å²) in [5, 5.41) is 2.90. The number of benzene rings is 1. The van der Waals surface area contributed by atoms with Crippen LogP contribution in [0.1, 0.15) is 38.3 Å². The molecule has 7 heteroatoms. The van der Waals surface area contributed by atoms with Gasteiger partial charge in [0.05, 0.1) is 12.6 Å². The minimum atomic E-state index is -2.52. The Morgan fingerprint density at radius 1 is 1.52 bits per heavy atom. The Morgan fingerprint density at radius 3 is 2.96 bits per heavy atom. The smallest absolute Gasteiger partial charge is 0.261 e. The van der Waals surface area contributed by atoms with E-state index in [-0.39, 0.29) is 25.0 Å². The van der Waals surface area contributed by atoms with Gasteiger partial charge in [-0.25, -0.2) is 8.78 Å². The Morgan fingerprint density at radius 2 is 2.26 bits per heavy atom. The van der Waals surface area contributed by atoms with Crippen molar-refractivity contribution in [1.29, 1.82) is 0 Å². The maximum absolute atomic E-state index is 12.0. The Bertz CT molecular complexity index is 564. The van der Waals surface area contributed by atoms with Crippen LogP contribution in [0, 0.1) is 0 Å². The van der Waals surface area contributed by atoms with E-state index in [1.54, 1.807) is 18.2 Å². The first-order chi connectivity index (χ1) is 10.8. The third-order valence-electron chi connectivity index (χ3n) is 3.54. The van der Waals surface area contributed by atoms with E-state index < -0.39 is 18.6 Å². The number of fused-ring (bicyclic) bond motifs is 1. The van der Waals surface area contributed by atoms with Crippen LogP contribution in [0.4, 0.5) is 14.5 Å². The normalized spacial score (nSPS) is 19.1. The van der Waals surface area contributed by atoms with Gasteiger partial charge in [-0.1, -0.05) is 0 Å². The Labute approximate surface area is 134 Å². The van der Waals surface area contributed by atoms with Crippen LogP contribution < -0.4 is 15.8 Å². The van der Waals surface area contributed by atoms with E-state index in [0.29, 0.717) is 17.9 Å². The number of amides is 1. The second-order valence-corrected chi connectivity index (χ2v) is 6.20. The third kappa shape index (κ3) is 5.06. The van der Waals surface area contributed by atoms with Gasteiger partial charge in [0.25, 0.3) is 6.43 Å². The average molecular weight is 328 g/mol. The van der Waals surface area contributed by atoms with Gasteiger partial charge < -0.3 is 20.5 Å². The fraction of sp³-hybridized carbons (Fsp3) is 0.562. The molecule has 1 unspecified atom stereocenters. The van der Waals surface area contributed by atoms with Crippen LogP contribution >= 0.6 is 0 Å². The van der Waals surface area contributed by atoms with Gasteiger partial charge in [0.1, 0.15) is 18.0 Å². The third-order valence-corrected chi connectivity index (χ3v) is 3.54. The molecule has 0 saturated carbocycles. The summed E-state index contributed by atoms with van der Waals surface area (Å²) < 4.78 is 34.6. The van der Waals surface area contributed by atoms with Crippen LogP contribution in [0.15, 0.2) is 18.2 Å². The lowest BCUT2D eigenvalue weighted by Gasteiger charge is -2.38. The summed E-state index contributed by atoms with van der Waals surface area (Å²) in [6.45, 7) is 3.19. The minimum Gasteiger partial charge on any atom is -0.487 e. The summed E-state index contributed by atoms with van der Waals surface area (Å²) in [5.41, 5.74) is 6.80. The van der Waals surface area contributed by atoms with Gasteiger partial charge in [0, 0.05) is 24.1 Å². The van der Waals surface area contributed by atoms with E-state index in [1.165, 1.54) is 0 Å². The standard InChI is InChI=1S/C16H22F2N2O3/c1-16(2)8-12(11-7-10(19)3-4-13(11)23-16)20-15(21)5-6-22-9-14(17)18/h3-4,7,12,14H,5-6,8-9,19H2,1-2H3,(H,20,21). The molecule has 5 nitrogen and oxygen atoms in total. The fourth-order valence-corrected chi connectivity index (χ4v) is 2.61. The monoisotopic (exact) mass is 328 g/mol. The highest BCUT2D eigenvalue weighted by Crippen LogP contribution is 2.40. The number of nitrogens with two attached hydrogens (primary N) is 1. The largest absolute Gasteiger partial charge is 0.487 e. The van der Waals surface area contributed by atoms with E-state index in [1.807, 2.05) is 13.8 Å². The number of alkyl halides is 2. The Balaban J connectivity index is 1.99. The second kappa shape index (κ2) is 7.12. The van der Waals surface area contributed by atoms with Crippen molar-refractivity contribution in [2.75, 3.05) is 18.9 Å². The van der Waals surface area contributed by atoms with Crippen molar-refractivity contribution in [3.05, 3.63) is 23.8 Å². The maximum atomic E-state index is 12.0. The summed E-state index contributed by atoms with van der Waals surface area (Å²) in [5.74, 6) is 0.435. The molecule has 1 heterocycles. The van der Waals surface area contributed by atoms with E-state index in [0.717, 1.165) is 5.56 Å². The van der Waals surface area contributed by atoms with Crippen LogP contribution in [0.5, 0.6) is 5.75 Å². The maximum Gasteiger partial charge on any atom is 0.261 e. The molecule has 1 amide bonds. The highest BCUT2D eigenvalue weighted by molar-refractivity contribution is 5.76. The molecule has 0 fully saturated rings. The zero-order valence-corrected chi connectivity index (χ0v) is 13.3. The molecule has 1 aromatic carbocycles. The number of carbonyl (C=O) groups excluding carboxylic acids is 1. The number of hydrogen-bond acceptors (Lipinski definition) is 4. The van der Waals surface area contributed by atoms with Gasteiger partial charge >= 0.3 is 0 Å². The van der Waals surface area contributed by atoms with Gasteiger partial charge in [0.15, 0.2) is 0 Å². The van der Waals surface area contributed by atoms with E-state index in [4.69, 9.17) is 15.2 Å². The van der Waals surface area contributed by atoms with Crippen molar-refractivity contribution >= 4 is 11.6 Å². The molecule has 0 bridgehead atoms. The van der Waals surface area contributed by atoms with E-state index in [2.05, 4.69) is 5.32 Å². The summed E-state index contributed by atoms with van der Waals surface area (Å²) >= 11 is 0. The van der Waals surface area contributed by atoms with Crippen molar-refractivity contribution < 1.29 is 23.0 Å². The number of nitrogen functional groups attached to an aromatic ring is 1. The Hall–Kier alpha value is -1.89. The van der Waals surface area contributed by atoms with Crippen molar-refractivity contribution in [2.45, 2.75) is 44.8 Å².